The van der Waals surface area contributed by atoms with Crippen molar-refractivity contribution in [2.24, 2.45) is 11.8 Å². The van der Waals surface area contributed by atoms with Gasteiger partial charge in [-0.1, -0.05) is 36.7 Å². The lowest BCUT2D eigenvalue weighted by Gasteiger charge is -2.38. The molecule has 1 aliphatic heterocycles. The van der Waals surface area contributed by atoms with Crippen molar-refractivity contribution in [3.05, 3.63) is 69.9 Å². The van der Waals surface area contributed by atoms with Gasteiger partial charge in [-0.25, -0.2) is 0 Å². The number of carbonyl (C=O) groups excluding carboxylic acids is 1. The van der Waals surface area contributed by atoms with E-state index in [0.29, 0.717) is 17.8 Å². The number of halogens is 4. The Balaban J connectivity index is 0.000000220. The molecule has 1 aliphatic carbocycles. The second kappa shape index (κ2) is 11.6. The number of carboxylic acid groups (broad SMARTS) is 1. The summed E-state index contributed by atoms with van der Waals surface area (Å²) in [6, 6.07) is 10.3. The van der Waals surface area contributed by atoms with Crippen LogP contribution in [0.2, 0.25) is 5.02 Å². The molecule has 0 bridgehead atoms. The molecule has 0 spiro atoms. The summed E-state index contributed by atoms with van der Waals surface area (Å²) in [5.74, 6) is 0.0167. The molecule has 1 aromatic heterocycles. The quantitative estimate of drug-likeness (QED) is 0.411. The average molecular weight is 527 g/mol. The van der Waals surface area contributed by atoms with Crippen LogP contribution in [0.1, 0.15) is 47.8 Å². The third-order valence-electron chi connectivity index (χ3n) is 7.02. The zero-order chi connectivity index (χ0) is 26.6. The number of aromatic amines is 1. The molecule has 0 unspecified atom stereocenters. The highest BCUT2D eigenvalue weighted by Crippen LogP contribution is 2.45. The standard InChI is InChI=1S/C17H19F3N2.C8H7ClO3.CH4O/c1-9-13-8-21-5-4-10(13)6-15-16(9)12-7-11(17(18,19)20)2-3-14(12)22-15;9-6-4-2-1-3-5(6)7(10)8(11)12;1-2/h2-3,7,9-10,13,21-22H,4-6,8H2,1H3;1-4,7,10H,(H,11,12);2H,1H3/t9-,10-,13-;7-;/m11./s1. The molecule has 2 aromatic carbocycles. The first-order valence-electron chi connectivity index (χ1n) is 11.7. The topological polar surface area (TPSA) is 113 Å². The fourth-order valence-electron chi connectivity index (χ4n) is 5.34. The lowest BCUT2D eigenvalue weighted by Crippen LogP contribution is -2.88. The van der Waals surface area contributed by atoms with Crippen molar-refractivity contribution in [1.29, 1.82) is 0 Å². The fraction of sp³-hybridized carbons (Fsp3) is 0.423. The average Bonchev–Trinajstić information content (AvgIpc) is 3.23. The SMILES string of the molecule is CO.C[C@H]1c2c([nH]c3ccc(C(F)(F)F)cc23)C[C@H]2CC[NH2+]C[C@@H]21.O=C([O-])[C@H](O)c1ccccc1Cl. The van der Waals surface area contributed by atoms with Crippen LogP contribution in [-0.2, 0) is 17.4 Å². The van der Waals surface area contributed by atoms with Gasteiger partial charge in [-0.15, -0.1) is 0 Å². The van der Waals surface area contributed by atoms with Crippen molar-refractivity contribution in [3.63, 3.8) is 0 Å². The van der Waals surface area contributed by atoms with Gasteiger partial charge in [-0.3, -0.25) is 0 Å². The zero-order valence-corrected chi connectivity index (χ0v) is 20.7. The summed E-state index contributed by atoms with van der Waals surface area (Å²) < 4.78 is 39.0. The van der Waals surface area contributed by atoms with E-state index in [1.807, 2.05) is 0 Å². The van der Waals surface area contributed by atoms with Crippen molar-refractivity contribution in [2.75, 3.05) is 20.2 Å². The summed E-state index contributed by atoms with van der Waals surface area (Å²) in [5.41, 5.74) is 2.72. The first-order valence-corrected chi connectivity index (χ1v) is 12.1. The van der Waals surface area contributed by atoms with Gasteiger partial charge in [0.2, 0.25) is 0 Å². The fourth-order valence-corrected chi connectivity index (χ4v) is 5.58. The van der Waals surface area contributed by atoms with Gasteiger partial charge in [0, 0.05) is 46.6 Å². The number of aliphatic carboxylic acids is 1. The van der Waals surface area contributed by atoms with Crippen LogP contribution in [0.15, 0.2) is 42.5 Å². The predicted octanol–water partition coefficient (Wildman–Crippen LogP) is 2.78. The number of aromatic nitrogens is 1. The number of fused-ring (bicyclic) bond motifs is 4. The number of carbonyl (C=O) groups is 1. The largest absolute Gasteiger partial charge is 0.547 e. The number of nitrogens with two attached hydrogens (primary N) is 1. The number of nitrogens with one attached hydrogen (secondary N) is 1. The Morgan fingerprint density at radius 3 is 2.56 bits per heavy atom. The molecule has 6 nitrogen and oxygen atoms in total. The molecule has 1 fully saturated rings. The second-order valence-electron chi connectivity index (χ2n) is 9.04. The van der Waals surface area contributed by atoms with Crippen LogP contribution in [-0.4, -0.2) is 41.4 Å². The number of aliphatic hydroxyl groups is 2. The molecular weight excluding hydrogens is 497 g/mol. The highest BCUT2D eigenvalue weighted by atomic mass is 35.5. The van der Waals surface area contributed by atoms with Crippen molar-refractivity contribution >= 4 is 28.5 Å². The number of hydrogen-bond donors (Lipinski definition) is 4. The Morgan fingerprint density at radius 2 is 1.92 bits per heavy atom. The molecule has 3 aromatic rings. The highest BCUT2D eigenvalue weighted by Gasteiger charge is 2.40. The molecule has 196 valence electrons. The minimum Gasteiger partial charge on any atom is -0.547 e. The van der Waals surface area contributed by atoms with Crippen LogP contribution in [0.3, 0.4) is 0 Å². The summed E-state index contributed by atoms with van der Waals surface area (Å²) in [7, 11) is 1.00. The molecule has 2 aliphatic rings. The minimum atomic E-state index is -4.28. The van der Waals surface area contributed by atoms with Gasteiger partial charge in [0.1, 0.15) is 6.10 Å². The van der Waals surface area contributed by atoms with E-state index in [4.69, 9.17) is 21.8 Å². The summed E-state index contributed by atoms with van der Waals surface area (Å²) in [6.45, 7) is 4.45. The Morgan fingerprint density at radius 1 is 1.22 bits per heavy atom. The first kappa shape index (κ1) is 28.0. The summed E-state index contributed by atoms with van der Waals surface area (Å²) >= 11 is 5.61. The van der Waals surface area contributed by atoms with Crippen molar-refractivity contribution < 1.29 is 38.6 Å². The molecule has 0 amide bonds. The van der Waals surface area contributed by atoms with Crippen LogP contribution >= 0.6 is 11.6 Å². The number of quaternary nitrogens is 1. The second-order valence-corrected chi connectivity index (χ2v) is 9.44. The molecule has 0 saturated carbocycles. The number of rotatable bonds is 2. The number of carboxylic acids is 1. The zero-order valence-electron chi connectivity index (χ0n) is 20.0. The third kappa shape index (κ3) is 5.86. The van der Waals surface area contributed by atoms with E-state index in [9.17, 15) is 23.1 Å². The van der Waals surface area contributed by atoms with Crippen molar-refractivity contribution in [3.8, 4) is 0 Å². The Hall–Kier alpha value is -2.59. The van der Waals surface area contributed by atoms with E-state index >= 15 is 0 Å². The van der Waals surface area contributed by atoms with Gasteiger partial charge < -0.3 is 30.4 Å². The van der Waals surface area contributed by atoms with E-state index in [0.717, 1.165) is 42.2 Å². The Labute approximate surface area is 212 Å². The molecular formula is C26H30ClF3N2O4. The van der Waals surface area contributed by atoms with Gasteiger partial charge in [0.05, 0.1) is 24.6 Å². The number of hydrogen-bond acceptors (Lipinski definition) is 4. The number of H-pyrrole nitrogens is 1. The highest BCUT2D eigenvalue weighted by molar-refractivity contribution is 6.31. The number of aliphatic hydroxyl groups excluding tert-OH is 2. The lowest BCUT2D eigenvalue weighted by molar-refractivity contribution is -0.672. The molecule has 2 heterocycles. The monoisotopic (exact) mass is 526 g/mol. The van der Waals surface area contributed by atoms with E-state index in [1.54, 1.807) is 18.2 Å². The van der Waals surface area contributed by atoms with Gasteiger partial charge in [0.25, 0.3) is 0 Å². The summed E-state index contributed by atoms with van der Waals surface area (Å²) in [5, 5.41) is 29.6. The van der Waals surface area contributed by atoms with Crippen LogP contribution in [0, 0.1) is 11.8 Å². The molecule has 4 atom stereocenters. The Bertz CT molecular complexity index is 1200. The van der Waals surface area contributed by atoms with E-state index < -0.39 is 23.8 Å². The van der Waals surface area contributed by atoms with Crippen LogP contribution in [0.25, 0.3) is 10.9 Å². The van der Waals surface area contributed by atoms with Crippen LogP contribution in [0.4, 0.5) is 13.2 Å². The van der Waals surface area contributed by atoms with Gasteiger partial charge in [-0.2, -0.15) is 13.2 Å². The van der Waals surface area contributed by atoms with Crippen LogP contribution in [0.5, 0.6) is 0 Å². The van der Waals surface area contributed by atoms with Crippen LogP contribution < -0.4 is 10.4 Å². The van der Waals surface area contributed by atoms with E-state index in [2.05, 4.69) is 17.2 Å². The van der Waals surface area contributed by atoms with Crippen molar-refractivity contribution in [1.82, 2.24) is 4.98 Å². The number of alkyl halides is 3. The number of piperidine rings is 1. The third-order valence-corrected chi connectivity index (χ3v) is 7.36. The molecule has 1 saturated heterocycles. The molecule has 5 N–H and O–H groups in total. The molecule has 5 rings (SSSR count). The Kier molecular flexibility index (Phi) is 9.05. The lowest BCUT2D eigenvalue weighted by atomic mass is 9.68. The molecule has 10 heteroatoms. The molecule has 36 heavy (non-hydrogen) atoms. The smallest absolute Gasteiger partial charge is 0.416 e. The normalized spacial score (nSPS) is 21.7. The van der Waals surface area contributed by atoms with Crippen molar-refractivity contribution in [2.45, 2.75) is 38.0 Å². The van der Waals surface area contributed by atoms with E-state index in [1.165, 1.54) is 37.2 Å². The molecule has 0 radical (unpaired) electrons. The minimum absolute atomic E-state index is 0.152. The maximum atomic E-state index is 13.0. The van der Waals surface area contributed by atoms with Gasteiger partial charge >= 0.3 is 6.18 Å². The maximum Gasteiger partial charge on any atom is 0.416 e. The van der Waals surface area contributed by atoms with Gasteiger partial charge in [-0.05, 0) is 48.1 Å². The summed E-state index contributed by atoms with van der Waals surface area (Å²) in [6.07, 6.45) is -3.75. The predicted molar refractivity (Wildman–Crippen MR) is 128 cm³/mol. The first-order chi connectivity index (χ1) is 17.1. The van der Waals surface area contributed by atoms with Gasteiger partial charge in [0.15, 0.2) is 0 Å². The summed E-state index contributed by atoms with van der Waals surface area (Å²) in [4.78, 5) is 13.6. The number of benzene rings is 2. The maximum absolute atomic E-state index is 13.0. The van der Waals surface area contributed by atoms with E-state index in [-0.39, 0.29) is 10.6 Å².